The zero-order valence-electron chi connectivity index (χ0n) is 6.63. The first-order valence-corrected chi connectivity index (χ1v) is 4.28. The van der Waals surface area contributed by atoms with Crippen molar-refractivity contribution in [1.82, 2.24) is 0 Å². The first-order chi connectivity index (χ1) is 6.11. The van der Waals surface area contributed by atoms with E-state index in [4.69, 9.17) is 28.9 Å². The highest BCUT2D eigenvalue weighted by Gasteiger charge is 2.00. The molecule has 0 radical (unpaired) electrons. The molecular formula is C9H7Cl2NO. The highest BCUT2D eigenvalue weighted by molar-refractivity contribution is 6.37. The fraction of sp³-hybridized carbons (Fsp3) is 0. The Morgan fingerprint density at radius 2 is 1.85 bits per heavy atom. The number of rotatable bonds is 2. The molecule has 0 atom stereocenters. The number of nitrogens with two attached hydrogens (primary N) is 1. The molecule has 1 amide bonds. The van der Waals surface area contributed by atoms with Crippen LogP contribution in [0.2, 0.25) is 10.0 Å². The van der Waals surface area contributed by atoms with Gasteiger partial charge in [-0.25, -0.2) is 0 Å². The molecule has 0 unspecified atom stereocenters. The zero-order chi connectivity index (χ0) is 9.84. The topological polar surface area (TPSA) is 43.1 Å². The quantitative estimate of drug-likeness (QED) is 0.758. The molecule has 1 aromatic rings. The molecule has 0 fully saturated rings. The Morgan fingerprint density at radius 1 is 1.31 bits per heavy atom. The van der Waals surface area contributed by atoms with Gasteiger partial charge >= 0.3 is 0 Å². The van der Waals surface area contributed by atoms with E-state index in [2.05, 4.69) is 0 Å². The molecule has 0 heterocycles. The summed E-state index contributed by atoms with van der Waals surface area (Å²) in [4.78, 5) is 10.4. The van der Waals surface area contributed by atoms with Gasteiger partial charge in [-0.05, 0) is 18.2 Å². The van der Waals surface area contributed by atoms with E-state index in [0.29, 0.717) is 15.6 Å². The second-order valence-electron chi connectivity index (χ2n) is 2.37. The lowest BCUT2D eigenvalue weighted by molar-refractivity contribution is -0.113. The summed E-state index contributed by atoms with van der Waals surface area (Å²) in [6.07, 6.45) is 2.71. The molecule has 0 aliphatic rings. The lowest BCUT2D eigenvalue weighted by atomic mass is 10.2. The number of carbonyl (C=O) groups is 1. The average Bonchev–Trinajstić information content (AvgIpc) is 2.03. The van der Waals surface area contributed by atoms with Crippen molar-refractivity contribution in [2.75, 3.05) is 0 Å². The Kier molecular flexibility index (Phi) is 3.34. The normalized spacial score (nSPS) is 10.6. The molecule has 0 bridgehead atoms. The van der Waals surface area contributed by atoms with Gasteiger partial charge in [-0.2, -0.15) is 0 Å². The van der Waals surface area contributed by atoms with Crippen molar-refractivity contribution in [2.24, 2.45) is 5.73 Å². The lowest BCUT2D eigenvalue weighted by Crippen LogP contribution is -2.05. The second kappa shape index (κ2) is 4.30. The number of primary amides is 1. The van der Waals surface area contributed by atoms with Gasteiger partial charge in [-0.1, -0.05) is 29.3 Å². The van der Waals surface area contributed by atoms with Crippen molar-refractivity contribution in [2.45, 2.75) is 0 Å². The van der Waals surface area contributed by atoms with Crippen LogP contribution in [0, 0.1) is 0 Å². The molecule has 68 valence electrons. The first kappa shape index (κ1) is 10.1. The molecule has 0 aliphatic heterocycles. The summed E-state index contributed by atoms with van der Waals surface area (Å²) in [5, 5.41) is 0.981. The van der Waals surface area contributed by atoms with E-state index in [1.165, 1.54) is 12.2 Å². The summed E-state index contributed by atoms with van der Waals surface area (Å²) in [5.41, 5.74) is 5.53. The Hall–Kier alpha value is -0.990. The van der Waals surface area contributed by atoms with Crippen molar-refractivity contribution >= 4 is 35.2 Å². The molecule has 1 rings (SSSR count). The number of carbonyl (C=O) groups excluding carboxylic acids is 1. The van der Waals surface area contributed by atoms with Crippen LogP contribution < -0.4 is 5.73 Å². The third-order valence-electron chi connectivity index (χ3n) is 1.41. The Bertz CT molecular complexity index is 340. The second-order valence-corrected chi connectivity index (χ2v) is 3.19. The van der Waals surface area contributed by atoms with E-state index in [1.807, 2.05) is 0 Å². The summed E-state index contributed by atoms with van der Waals surface area (Å²) in [6, 6.07) is 5.11. The molecule has 2 nitrogen and oxygen atoms in total. The molecule has 2 N–H and O–H groups in total. The number of benzene rings is 1. The molecule has 0 spiro atoms. The van der Waals surface area contributed by atoms with Gasteiger partial charge in [0.15, 0.2) is 0 Å². The molecular weight excluding hydrogens is 209 g/mol. The summed E-state index contributed by atoms with van der Waals surface area (Å²) >= 11 is 11.7. The maximum absolute atomic E-state index is 10.4. The van der Waals surface area contributed by atoms with Crippen LogP contribution >= 0.6 is 23.2 Å². The van der Waals surface area contributed by atoms with Crippen molar-refractivity contribution in [3.8, 4) is 0 Å². The zero-order valence-corrected chi connectivity index (χ0v) is 8.14. The van der Waals surface area contributed by atoms with Crippen LogP contribution in [0.25, 0.3) is 6.08 Å². The van der Waals surface area contributed by atoms with Crippen LogP contribution in [0.5, 0.6) is 0 Å². The van der Waals surface area contributed by atoms with E-state index in [1.54, 1.807) is 18.2 Å². The molecule has 4 heteroatoms. The minimum atomic E-state index is -0.531. The SMILES string of the molecule is NC(=O)/C=C/c1c(Cl)cccc1Cl. The summed E-state index contributed by atoms with van der Waals surface area (Å²) in [6.45, 7) is 0. The van der Waals surface area contributed by atoms with Gasteiger partial charge in [-0.3, -0.25) is 4.79 Å². The molecule has 0 aromatic heterocycles. The van der Waals surface area contributed by atoms with Crippen LogP contribution in [0.3, 0.4) is 0 Å². The minimum absolute atomic E-state index is 0.491. The molecule has 0 saturated carbocycles. The maximum atomic E-state index is 10.4. The van der Waals surface area contributed by atoms with Crippen LogP contribution in [0.1, 0.15) is 5.56 Å². The van der Waals surface area contributed by atoms with Gasteiger partial charge in [0, 0.05) is 21.7 Å². The van der Waals surface area contributed by atoms with Crippen molar-refractivity contribution in [3.63, 3.8) is 0 Å². The first-order valence-electron chi connectivity index (χ1n) is 3.53. The van der Waals surface area contributed by atoms with Crippen molar-refractivity contribution < 1.29 is 4.79 Å². The number of amides is 1. The molecule has 0 aliphatic carbocycles. The van der Waals surface area contributed by atoms with E-state index in [9.17, 15) is 4.79 Å². The number of halogens is 2. The Labute approximate surface area is 85.9 Å². The third-order valence-corrected chi connectivity index (χ3v) is 2.07. The predicted octanol–water partition coefficient (Wildman–Crippen LogP) is 2.49. The largest absolute Gasteiger partial charge is 0.366 e. The fourth-order valence-corrected chi connectivity index (χ4v) is 1.36. The van der Waals surface area contributed by atoms with Gasteiger partial charge < -0.3 is 5.73 Å². The highest BCUT2D eigenvalue weighted by Crippen LogP contribution is 2.25. The van der Waals surface area contributed by atoms with Crippen LogP contribution in [0.15, 0.2) is 24.3 Å². The van der Waals surface area contributed by atoms with Gasteiger partial charge in [-0.15, -0.1) is 0 Å². The van der Waals surface area contributed by atoms with E-state index >= 15 is 0 Å². The third kappa shape index (κ3) is 2.76. The van der Waals surface area contributed by atoms with Crippen LogP contribution in [-0.4, -0.2) is 5.91 Å². The van der Waals surface area contributed by atoms with Gasteiger partial charge in [0.05, 0.1) is 0 Å². The molecule has 1 aromatic carbocycles. The molecule has 0 saturated heterocycles. The van der Waals surface area contributed by atoms with Gasteiger partial charge in [0.1, 0.15) is 0 Å². The Morgan fingerprint density at radius 3 is 2.31 bits per heavy atom. The van der Waals surface area contributed by atoms with Gasteiger partial charge in [0.2, 0.25) is 5.91 Å². The lowest BCUT2D eigenvalue weighted by Gasteiger charge is -1.99. The molecule has 13 heavy (non-hydrogen) atoms. The van der Waals surface area contributed by atoms with E-state index in [0.717, 1.165) is 0 Å². The summed E-state index contributed by atoms with van der Waals surface area (Å²) < 4.78 is 0. The average molecular weight is 216 g/mol. The monoisotopic (exact) mass is 215 g/mol. The van der Waals surface area contributed by atoms with Crippen molar-refractivity contribution in [1.29, 1.82) is 0 Å². The Balaban J connectivity index is 3.06. The fourth-order valence-electron chi connectivity index (χ4n) is 0.835. The van der Waals surface area contributed by atoms with E-state index < -0.39 is 5.91 Å². The highest BCUT2D eigenvalue weighted by atomic mass is 35.5. The smallest absolute Gasteiger partial charge is 0.241 e. The van der Waals surface area contributed by atoms with Crippen molar-refractivity contribution in [3.05, 3.63) is 39.9 Å². The van der Waals surface area contributed by atoms with Gasteiger partial charge in [0.25, 0.3) is 0 Å². The standard InChI is InChI=1S/C9H7Cl2NO/c10-7-2-1-3-8(11)6(7)4-5-9(12)13/h1-5H,(H2,12,13)/b5-4+. The van der Waals surface area contributed by atoms with Crippen LogP contribution in [0.4, 0.5) is 0 Å². The minimum Gasteiger partial charge on any atom is -0.366 e. The van der Waals surface area contributed by atoms with E-state index in [-0.39, 0.29) is 0 Å². The predicted molar refractivity (Wildman–Crippen MR) is 54.7 cm³/mol. The number of hydrogen-bond donors (Lipinski definition) is 1. The maximum Gasteiger partial charge on any atom is 0.241 e. The number of hydrogen-bond acceptors (Lipinski definition) is 1. The summed E-state index contributed by atoms with van der Waals surface area (Å²) in [5.74, 6) is -0.531. The summed E-state index contributed by atoms with van der Waals surface area (Å²) in [7, 11) is 0. The van der Waals surface area contributed by atoms with Crippen LogP contribution in [-0.2, 0) is 4.79 Å².